The Kier molecular flexibility index (Phi) is 8.29. The molecule has 9 heteroatoms. The molecular weight excluding hydrogens is 428 g/mol. The van der Waals surface area contributed by atoms with Crippen molar-refractivity contribution in [2.24, 2.45) is 5.92 Å². The highest BCUT2D eigenvalue weighted by atomic mass is 32.2. The molecule has 0 aliphatic carbocycles. The molecule has 0 amide bonds. The number of nitrogens with zero attached hydrogens (tertiary/aromatic N) is 4. The van der Waals surface area contributed by atoms with Gasteiger partial charge in [0.15, 0.2) is 5.82 Å². The maximum Gasteiger partial charge on any atom is 0.324 e. The van der Waals surface area contributed by atoms with Gasteiger partial charge in [-0.05, 0) is 61.3 Å². The maximum absolute atomic E-state index is 6.06. The van der Waals surface area contributed by atoms with Crippen LogP contribution in [-0.2, 0) is 22.2 Å². The third-order valence-electron chi connectivity index (χ3n) is 6.22. The first-order valence-electron chi connectivity index (χ1n) is 11.6. The first-order chi connectivity index (χ1) is 15.6. The monoisotopic (exact) mass is 462 g/mol. The summed E-state index contributed by atoms with van der Waals surface area (Å²) in [5.74, 6) is 2.80. The third kappa shape index (κ3) is 6.15. The minimum atomic E-state index is 0.296. The number of hydrogen-bond donors (Lipinski definition) is 0. The third-order valence-corrected chi connectivity index (χ3v) is 6.94. The van der Waals surface area contributed by atoms with Crippen LogP contribution in [-0.4, -0.2) is 47.8 Å². The van der Waals surface area contributed by atoms with Crippen LogP contribution in [0.5, 0.6) is 5.75 Å². The van der Waals surface area contributed by atoms with Gasteiger partial charge in [-0.1, -0.05) is 25.1 Å². The molecule has 0 saturated carbocycles. The lowest BCUT2D eigenvalue weighted by Gasteiger charge is -2.30. The Morgan fingerprint density at radius 3 is 2.78 bits per heavy atom. The van der Waals surface area contributed by atoms with Gasteiger partial charge in [0, 0.05) is 32.1 Å². The van der Waals surface area contributed by atoms with Crippen molar-refractivity contribution in [3.63, 3.8) is 0 Å². The second kappa shape index (κ2) is 11.4. The van der Waals surface area contributed by atoms with E-state index >= 15 is 0 Å². The number of rotatable bonds is 10. The fourth-order valence-corrected chi connectivity index (χ4v) is 4.80. The van der Waals surface area contributed by atoms with Crippen molar-refractivity contribution in [1.82, 2.24) is 14.4 Å². The highest BCUT2D eigenvalue weighted by molar-refractivity contribution is 7.92. The second-order valence-electron chi connectivity index (χ2n) is 8.86. The number of anilines is 1. The van der Waals surface area contributed by atoms with E-state index in [1.807, 2.05) is 0 Å². The molecule has 0 spiro atoms. The van der Waals surface area contributed by atoms with Gasteiger partial charge >= 0.3 is 6.01 Å². The predicted octanol–water partition coefficient (Wildman–Crippen LogP) is 4.77. The Balaban J connectivity index is 1.15. The van der Waals surface area contributed by atoms with E-state index in [-0.39, 0.29) is 0 Å². The summed E-state index contributed by atoms with van der Waals surface area (Å²) in [6.07, 6.45) is 5.60. The molecule has 0 radical (unpaired) electrons. The van der Waals surface area contributed by atoms with Gasteiger partial charge in [-0.2, -0.15) is 4.98 Å². The molecule has 3 heterocycles. The van der Waals surface area contributed by atoms with Gasteiger partial charge in [-0.25, -0.2) is 9.19 Å². The van der Waals surface area contributed by atoms with Crippen LogP contribution in [0.25, 0.3) is 0 Å². The quantitative estimate of drug-likeness (QED) is 0.163. The van der Waals surface area contributed by atoms with Crippen molar-refractivity contribution < 1.29 is 18.5 Å². The van der Waals surface area contributed by atoms with Crippen LogP contribution >= 0.6 is 12.2 Å². The molecule has 1 aromatic carbocycles. The minimum Gasteiger partial charge on any atom is -0.494 e. The summed E-state index contributed by atoms with van der Waals surface area (Å²) >= 11 is 1.26. The molecule has 2 aliphatic rings. The molecule has 2 aromatic rings. The summed E-state index contributed by atoms with van der Waals surface area (Å²) in [7, 11) is 1.52. The van der Waals surface area contributed by atoms with Crippen LogP contribution in [0.2, 0.25) is 0 Å². The molecule has 32 heavy (non-hydrogen) atoms. The van der Waals surface area contributed by atoms with Crippen molar-refractivity contribution in [3.05, 3.63) is 35.2 Å². The number of piperidine rings is 1. The molecule has 2 aliphatic heterocycles. The van der Waals surface area contributed by atoms with Crippen molar-refractivity contribution in [1.29, 1.82) is 0 Å². The summed E-state index contributed by atoms with van der Waals surface area (Å²) in [5.41, 5.74) is 2.69. The van der Waals surface area contributed by atoms with Crippen LogP contribution in [0.3, 0.4) is 0 Å². The molecular formula is C23H34N4O4S. The molecule has 0 bridgehead atoms. The first kappa shape index (κ1) is 23.4. The Hall–Kier alpha value is -1.81. The Bertz CT molecular complexity index is 854. The van der Waals surface area contributed by atoms with E-state index in [1.54, 1.807) is 0 Å². The van der Waals surface area contributed by atoms with Crippen LogP contribution in [0, 0.1) is 5.92 Å². The average Bonchev–Trinajstić information content (AvgIpc) is 3.31. The minimum absolute atomic E-state index is 0.296. The van der Waals surface area contributed by atoms with Gasteiger partial charge in [0.25, 0.3) is 0 Å². The van der Waals surface area contributed by atoms with Gasteiger partial charge in [0.2, 0.25) is 0 Å². The highest BCUT2D eigenvalue weighted by Crippen LogP contribution is 2.29. The molecule has 4 rings (SSSR count). The summed E-state index contributed by atoms with van der Waals surface area (Å²) in [6.45, 7) is 8.70. The number of benzene rings is 1. The standard InChI is InChI=1S/C23H34N4O4S/c1-17(2)22-24-23(30-25-22)26-11-8-18(9-12-26)5-4-14-29-21-7-6-20-16-27(32-31-28-3)13-10-19(20)15-21/h6-7,15,17-18H,4-5,8-14,16H2,1-3H3. The molecule has 0 N–H and O–H groups in total. The lowest BCUT2D eigenvalue weighted by atomic mass is 9.92. The normalized spacial score (nSPS) is 17.7. The molecule has 0 atom stereocenters. The van der Waals surface area contributed by atoms with Crippen LogP contribution < -0.4 is 9.64 Å². The number of hydrogen-bond acceptors (Lipinski definition) is 9. The lowest BCUT2D eigenvalue weighted by Crippen LogP contribution is -2.34. The molecule has 0 unspecified atom stereocenters. The highest BCUT2D eigenvalue weighted by Gasteiger charge is 2.23. The van der Waals surface area contributed by atoms with Crippen molar-refractivity contribution >= 4 is 18.2 Å². The zero-order valence-corrected chi connectivity index (χ0v) is 20.1. The summed E-state index contributed by atoms with van der Waals surface area (Å²) in [5, 5.41) is 4.08. The van der Waals surface area contributed by atoms with Crippen molar-refractivity contribution in [2.75, 3.05) is 38.3 Å². The van der Waals surface area contributed by atoms with Gasteiger partial charge in [-0.3, -0.25) is 0 Å². The summed E-state index contributed by atoms with van der Waals surface area (Å²) in [6, 6.07) is 7.12. The van der Waals surface area contributed by atoms with E-state index in [2.05, 4.69) is 56.3 Å². The SMILES string of the molecule is COOSN1CCc2cc(OCCCC3CCN(c4nc(C(C)C)no4)CC3)ccc2C1. The average molecular weight is 463 g/mol. The van der Waals surface area contributed by atoms with Crippen LogP contribution in [0.4, 0.5) is 6.01 Å². The number of aromatic nitrogens is 2. The smallest absolute Gasteiger partial charge is 0.324 e. The van der Waals surface area contributed by atoms with E-state index in [4.69, 9.17) is 13.6 Å². The fraction of sp³-hybridized carbons (Fsp3) is 0.652. The number of fused-ring (bicyclic) bond motifs is 1. The van der Waals surface area contributed by atoms with E-state index in [9.17, 15) is 0 Å². The van der Waals surface area contributed by atoms with Gasteiger partial charge in [0.05, 0.1) is 13.7 Å². The first-order valence-corrected chi connectivity index (χ1v) is 12.3. The maximum atomic E-state index is 6.06. The van der Waals surface area contributed by atoms with E-state index in [0.717, 1.165) is 63.1 Å². The van der Waals surface area contributed by atoms with Crippen molar-refractivity contribution in [3.8, 4) is 5.75 Å². The summed E-state index contributed by atoms with van der Waals surface area (Å²) < 4.78 is 18.6. The summed E-state index contributed by atoms with van der Waals surface area (Å²) in [4.78, 5) is 11.4. The second-order valence-corrected chi connectivity index (χ2v) is 9.67. The fourth-order valence-electron chi connectivity index (χ4n) is 4.29. The topological polar surface area (TPSA) is 73.1 Å². The van der Waals surface area contributed by atoms with Crippen LogP contribution in [0.1, 0.15) is 62.4 Å². The molecule has 1 aromatic heterocycles. The molecule has 176 valence electrons. The molecule has 8 nitrogen and oxygen atoms in total. The lowest BCUT2D eigenvalue weighted by molar-refractivity contribution is -0.163. The van der Waals surface area contributed by atoms with Crippen LogP contribution in [0.15, 0.2) is 22.7 Å². The zero-order chi connectivity index (χ0) is 22.3. The number of ether oxygens (including phenoxy) is 1. The largest absolute Gasteiger partial charge is 0.494 e. The zero-order valence-electron chi connectivity index (χ0n) is 19.3. The van der Waals surface area contributed by atoms with Crippen molar-refractivity contribution in [2.45, 2.75) is 58.4 Å². The Morgan fingerprint density at radius 1 is 1.19 bits per heavy atom. The van der Waals surface area contributed by atoms with Gasteiger partial charge < -0.3 is 14.2 Å². The van der Waals surface area contributed by atoms with Gasteiger partial charge in [-0.15, -0.1) is 4.33 Å². The predicted molar refractivity (Wildman–Crippen MR) is 124 cm³/mol. The van der Waals surface area contributed by atoms with Gasteiger partial charge in [0.1, 0.15) is 18.0 Å². The van der Waals surface area contributed by atoms with E-state index in [1.165, 1.54) is 49.7 Å². The molecule has 1 fully saturated rings. The Labute approximate surface area is 194 Å². The van der Waals surface area contributed by atoms with E-state index in [0.29, 0.717) is 11.9 Å². The Morgan fingerprint density at radius 2 is 2.03 bits per heavy atom. The molecule has 1 saturated heterocycles. The van der Waals surface area contributed by atoms with E-state index < -0.39 is 0 Å².